The lowest BCUT2D eigenvalue weighted by Gasteiger charge is -2.14. The van der Waals surface area contributed by atoms with Crippen molar-refractivity contribution in [3.8, 4) is 0 Å². The quantitative estimate of drug-likeness (QED) is 0.604. The molecule has 26 heavy (non-hydrogen) atoms. The fourth-order valence-corrected chi connectivity index (χ4v) is 3.22. The smallest absolute Gasteiger partial charge is 0.323 e. The predicted octanol–water partition coefficient (Wildman–Crippen LogP) is -0.270. The first-order valence-corrected chi connectivity index (χ1v) is 7.98. The Bertz CT molecular complexity index is 1170. The molecular formula is C17H15N5O4. The molecule has 0 unspecified atom stereocenters. The van der Waals surface area contributed by atoms with Gasteiger partial charge in [0, 0.05) is 27.2 Å². The van der Waals surface area contributed by atoms with Crippen LogP contribution in [0.1, 0.15) is 20.7 Å². The second kappa shape index (κ2) is 5.51. The predicted molar refractivity (Wildman–Crippen MR) is 92.0 cm³/mol. The van der Waals surface area contributed by atoms with Crippen molar-refractivity contribution in [2.24, 2.45) is 14.1 Å². The van der Waals surface area contributed by atoms with E-state index in [-0.39, 0.29) is 36.1 Å². The van der Waals surface area contributed by atoms with E-state index < -0.39 is 11.2 Å². The van der Waals surface area contributed by atoms with Gasteiger partial charge in [-0.2, -0.15) is 0 Å². The normalized spacial score (nSPS) is 13.7. The fraction of sp³-hybridized carbons (Fsp3) is 0.235. The number of imide groups is 1. The van der Waals surface area contributed by atoms with Crippen molar-refractivity contribution in [1.29, 1.82) is 0 Å². The highest BCUT2D eigenvalue weighted by Gasteiger charge is 2.34. The summed E-state index contributed by atoms with van der Waals surface area (Å²) < 4.78 is 3.85. The lowest BCUT2D eigenvalue weighted by Crippen LogP contribution is -2.38. The van der Waals surface area contributed by atoms with Crippen LogP contribution in [0, 0.1) is 0 Å². The molecular weight excluding hydrogens is 338 g/mol. The highest BCUT2D eigenvalue weighted by Crippen LogP contribution is 2.22. The van der Waals surface area contributed by atoms with Crippen LogP contribution < -0.4 is 11.2 Å². The van der Waals surface area contributed by atoms with Crippen molar-refractivity contribution in [2.75, 3.05) is 6.54 Å². The van der Waals surface area contributed by atoms with Crippen LogP contribution in [-0.4, -0.2) is 41.9 Å². The maximum atomic E-state index is 12.4. The number of rotatable bonds is 3. The molecule has 132 valence electrons. The standard InChI is InChI=1S/C17H15N5O4/c1-19-13-12(16(25)20(2)17(19)26)21(9-18-13)7-8-22-14(23)10-5-3-4-6-11(10)15(22)24/h3-6,9H,7-8H2,1-2H3. The van der Waals surface area contributed by atoms with E-state index in [2.05, 4.69) is 4.98 Å². The van der Waals surface area contributed by atoms with E-state index in [1.165, 1.54) is 25.0 Å². The summed E-state index contributed by atoms with van der Waals surface area (Å²) in [5, 5.41) is 0. The molecule has 3 aromatic rings. The molecule has 0 saturated carbocycles. The van der Waals surface area contributed by atoms with Crippen molar-refractivity contribution in [1.82, 2.24) is 23.6 Å². The van der Waals surface area contributed by atoms with Gasteiger partial charge in [-0.1, -0.05) is 12.1 Å². The van der Waals surface area contributed by atoms with Crippen molar-refractivity contribution < 1.29 is 9.59 Å². The topological polar surface area (TPSA) is 99.2 Å². The fourth-order valence-electron chi connectivity index (χ4n) is 3.22. The Kier molecular flexibility index (Phi) is 3.39. The maximum Gasteiger partial charge on any atom is 0.332 e. The minimum Gasteiger partial charge on any atom is -0.323 e. The molecule has 0 atom stereocenters. The minimum absolute atomic E-state index is 0.101. The van der Waals surface area contributed by atoms with Gasteiger partial charge in [-0.3, -0.25) is 28.4 Å². The molecule has 4 rings (SSSR count). The summed E-state index contributed by atoms with van der Waals surface area (Å²) in [4.78, 5) is 54.5. The largest absolute Gasteiger partial charge is 0.332 e. The van der Waals surface area contributed by atoms with Gasteiger partial charge in [0.1, 0.15) is 0 Å². The zero-order valence-corrected chi connectivity index (χ0v) is 14.2. The first-order valence-electron chi connectivity index (χ1n) is 7.98. The summed E-state index contributed by atoms with van der Waals surface area (Å²) >= 11 is 0. The average molecular weight is 353 g/mol. The van der Waals surface area contributed by atoms with Crippen LogP contribution in [0.15, 0.2) is 40.2 Å². The second-order valence-electron chi connectivity index (χ2n) is 6.12. The molecule has 9 heteroatoms. The second-order valence-corrected chi connectivity index (χ2v) is 6.12. The molecule has 0 fully saturated rings. The van der Waals surface area contributed by atoms with E-state index in [4.69, 9.17) is 0 Å². The SMILES string of the molecule is Cn1c(=O)c2c(ncn2CCN2C(=O)c3ccccc3C2=O)n(C)c1=O. The number of aryl methyl sites for hydroxylation is 1. The maximum absolute atomic E-state index is 12.4. The van der Waals surface area contributed by atoms with Gasteiger partial charge in [0.05, 0.1) is 17.5 Å². The van der Waals surface area contributed by atoms with Gasteiger partial charge in [0.15, 0.2) is 11.2 Å². The van der Waals surface area contributed by atoms with Gasteiger partial charge in [-0.25, -0.2) is 9.78 Å². The van der Waals surface area contributed by atoms with Gasteiger partial charge in [-0.15, -0.1) is 0 Å². The Morgan fingerprint density at radius 1 is 0.885 bits per heavy atom. The monoisotopic (exact) mass is 353 g/mol. The molecule has 0 N–H and O–H groups in total. The number of hydrogen-bond donors (Lipinski definition) is 0. The molecule has 0 bridgehead atoms. The Balaban J connectivity index is 1.68. The first kappa shape index (κ1) is 16.0. The molecule has 2 amide bonds. The van der Waals surface area contributed by atoms with Crippen LogP contribution in [0.25, 0.3) is 11.2 Å². The van der Waals surface area contributed by atoms with Crippen LogP contribution in [-0.2, 0) is 20.6 Å². The van der Waals surface area contributed by atoms with E-state index in [0.717, 1.165) is 9.47 Å². The number of carbonyl (C=O) groups excluding carboxylic acids is 2. The van der Waals surface area contributed by atoms with Crippen molar-refractivity contribution in [3.05, 3.63) is 62.6 Å². The van der Waals surface area contributed by atoms with Crippen LogP contribution in [0.4, 0.5) is 0 Å². The molecule has 2 aromatic heterocycles. The molecule has 0 radical (unpaired) electrons. The molecule has 0 aliphatic carbocycles. The van der Waals surface area contributed by atoms with Crippen LogP contribution in [0.3, 0.4) is 0 Å². The van der Waals surface area contributed by atoms with Crippen LogP contribution >= 0.6 is 0 Å². The summed E-state index contributed by atoms with van der Waals surface area (Å²) in [7, 11) is 2.93. The summed E-state index contributed by atoms with van der Waals surface area (Å²) in [6.07, 6.45) is 1.43. The number of carbonyl (C=O) groups is 2. The number of amides is 2. The Labute approximate surface area is 146 Å². The molecule has 9 nitrogen and oxygen atoms in total. The van der Waals surface area contributed by atoms with E-state index in [1.54, 1.807) is 28.8 Å². The minimum atomic E-state index is -0.469. The number of benzene rings is 1. The van der Waals surface area contributed by atoms with Crippen molar-refractivity contribution >= 4 is 23.0 Å². The van der Waals surface area contributed by atoms with E-state index in [9.17, 15) is 19.2 Å². The van der Waals surface area contributed by atoms with Crippen LogP contribution in [0.2, 0.25) is 0 Å². The molecule has 0 saturated heterocycles. The lowest BCUT2D eigenvalue weighted by molar-refractivity contribution is 0.0649. The third-order valence-electron chi connectivity index (χ3n) is 4.66. The third kappa shape index (κ3) is 2.06. The molecule has 1 aliphatic heterocycles. The van der Waals surface area contributed by atoms with E-state index >= 15 is 0 Å². The summed E-state index contributed by atoms with van der Waals surface area (Å²) in [6.45, 7) is 0.305. The van der Waals surface area contributed by atoms with Gasteiger partial charge < -0.3 is 4.57 Å². The van der Waals surface area contributed by atoms with Gasteiger partial charge >= 0.3 is 5.69 Å². The molecule has 1 aliphatic rings. The number of fused-ring (bicyclic) bond motifs is 2. The number of aromatic nitrogens is 4. The summed E-state index contributed by atoms with van der Waals surface area (Å²) in [5.41, 5.74) is 0.348. The Hall–Kier alpha value is -3.49. The van der Waals surface area contributed by atoms with Gasteiger partial charge in [0.2, 0.25) is 0 Å². The summed E-state index contributed by atoms with van der Waals surface area (Å²) in [6, 6.07) is 6.66. The van der Waals surface area contributed by atoms with E-state index in [1.807, 2.05) is 0 Å². The van der Waals surface area contributed by atoms with Gasteiger partial charge in [0.25, 0.3) is 17.4 Å². The molecule has 1 aromatic carbocycles. The number of hydrogen-bond acceptors (Lipinski definition) is 5. The lowest BCUT2D eigenvalue weighted by atomic mass is 10.1. The van der Waals surface area contributed by atoms with Crippen molar-refractivity contribution in [3.63, 3.8) is 0 Å². The highest BCUT2D eigenvalue weighted by atomic mass is 16.2. The number of imidazole rings is 1. The Morgan fingerprint density at radius 2 is 1.50 bits per heavy atom. The average Bonchev–Trinajstić information content (AvgIpc) is 3.17. The van der Waals surface area contributed by atoms with Gasteiger partial charge in [-0.05, 0) is 12.1 Å². The number of nitrogens with zero attached hydrogens (tertiary/aromatic N) is 5. The molecule has 3 heterocycles. The zero-order valence-electron chi connectivity index (χ0n) is 14.2. The van der Waals surface area contributed by atoms with Crippen LogP contribution in [0.5, 0.6) is 0 Å². The first-order chi connectivity index (χ1) is 12.4. The third-order valence-corrected chi connectivity index (χ3v) is 4.66. The zero-order chi connectivity index (χ0) is 18.6. The Morgan fingerprint density at radius 3 is 2.12 bits per heavy atom. The summed E-state index contributed by atoms with van der Waals surface area (Å²) in [5.74, 6) is -0.703. The molecule has 0 spiro atoms. The van der Waals surface area contributed by atoms with E-state index in [0.29, 0.717) is 11.1 Å². The van der Waals surface area contributed by atoms with Crippen molar-refractivity contribution in [2.45, 2.75) is 6.54 Å². The highest BCUT2D eigenvalue weighted by molar-refractivity contribution is 6.21.